The van der Waals surface area contributed by atoms with Crippen LogP contribution in [0.2, 0.25) is 5.82 Å². The summed E-state index contributed by atoms with van der Waals surface area (Å²) in [6, 6.07) is 17.8. The zero-order valence-corrected chi connectivity index (χ0v) is 23.1. The van der Waals surface area contributed by atoms with Gasteiger partial charge in [-0.2, -0.15) is 0 Å². The third kappa shape index (κ3) is 5.55. The molecule has 4 aromatic rings. The smallest absolute Gasteiger partial charge is 0.251 e. The number of hydrogen-bond donors (Lipinski definition) is 1. The van der Waals surface area contributed by atoms with E-state index in [1.807, 2.05) is 61.7 Å². The van der Waals surface area contributed by atoms with Crippen LogP contribution >= 0.6 is 11.8 Å². The molecular weight excluding hydrogens is 489 g/mol. The number of hydrogen-bond acceptors (Lipinski definition) is 6. The van der Waals surface area contributed by atoms with Crippen molar-refractivity contribution >= 4 is 42.2 Å². The number of nitrogens with one attached hydrogen (secondary N) is 1. The summed E-state index contributed by atoms with van der Waals surface area (Å²) < 4.78 is 0. The minimum atomic E-state index is -0.118. The molecule has 1 fully saturated rings. The first-order chi connectivity index (χ1) is 18.3. The highest BCUT2D eigenvalue weighted by molar-refractivity contribution is 7.98. The van der Waals surface area contributed by atoms with Crippen LogP contribution in [-0.2, 0) is 6.54 Å². The monoisotopic (exact) mass is 521 g/mol. The van der Waals surface area contributed by atoms with Crippen LogP contribution < -0.4 is 10.2 Å². The fourth-order valence-electron chi connectivity index (χ4n) is 5.03. The predicted octanol–water partition coefficient (Wildman–Crippen LogP) is 5.70. The fraction of sp³-hybridized carbons (Fsp3) is 0.333. The summed E-state index contributed by atoms with van der Waals surface area (Å²) in [5, 5.41) is 3.93. The van der Waals surface area contributed by atoms with Crippen molar-refractivity contribution in [3.63, 3.8) is 0 Å². The molecule has 0 bridgehead atoms. The summed E-state index contributed by atoms with van der Waals surface area (Å²) in [5.74, 6) is 1.87. The second kappa shape index (κ2) is 11.2. The Hall–Kier alpha value is -3.39. The zero-order chi connectivity index (χ0) is 26.8. The molecule has 1 aromatic carbocycles. The molecule has 3 aromatic heterocycles. The molecule has 0 saturated carbocycles. The Bertz CT molecular complexity index is 1470. The molecule has 1 aliphatic rings. The van der Waals surface area contributed by atoms with Gasteiger partial charge in [-0.1, -0.05) is 31.8 Å². The van der Waals surface area contributed by atoms with Crippen LogP contribution in [0.4, 0.5) is 5.82 Å². The molecule has 8 heteroatoms. The Morgan fingerprint density at radius 3 is 2.58 bits per heavy atom. The number of aryl methyl sites for hydroxylation is 1. The van der Waals surface area contributed by atoms with Gasteiger partial charge in [-0.05, 0) is 73.0 Å². The van der Waals surface area contributed by atoms with Crippen LogP contribution in [0.25, 0.3) is 22.3 Å². The Labute approximate surface area is 230 Å². The second-order valence-electron chi connectivity index (χ2n) is 10.2. The molecule has 4 heterocycles. The first-order valence-corrected chi connectivity index (χ1v) is 14.2. The maximum atomic E-state index is 12.7. The minimum absolute atomic E-state index is 0.118. The average molecular weight is 521 g/mol. The Kier molecular flexibility index (Phi) is 7.70. The number of thioether (sulfide) groups is 1. The van der Waals surface area contributed by atoms with Crippen molar-refractivity contribution in [3.05, 3.63) is 77.6 Å². The molecule has 1 saturated heterocycles. The molecule has 2 radical (unpaired) electrons. The van der Waals surface area contributed by atoms with Crippen LogP contribution in [0.15, 0.2) is 65.7 Å². The van der Waals surface area contributed by atoms with Gasteiger partial charge in [0.1, 0.15) is 5.82 Å². The Morgan fingerprint density at radius 2 is 1.82 bits per heavy atom. The number of amides is 1. The van der Waals surface area contributed by atoms with E-state index < -0.39 is 0 Å². The molecule has 38 heavy (non-hydrogen) atoms. The Balaban J connectivity index is 1.33. The van der Waals surface area contributed by atoms with E-state index >= 15 is 0 Å². The van der Waals surface area contributed by atoms with Gasteiger partial charge in [0.2, 0.25) is 0 Å². The van der Waals surface area contributed by atoms with Gasteiger partial charge in [-0.25, -0.2) is 9.97 Å². The first-order valence-electron chi connectivity index (χ1n) is 13.0. The van der Waals surface area contributed by atoms with Crippen LogP contribution in [0.1, 0.15) is 35.5 Å². The van der Waals surface area contributed by atoms with Crippen molar-refractivity contribution in [2.45, 2.75) is 38.0 Å². The third-order valence-electron chi connectivity index (χ3n) is 7.38. The molecule has 0 spiro atoms. The summed E-state index contributed by atoms with van der Waals surface area (Å²) in [7, 11) is 6.35. The van der Waals surface area contributed by atoms with Gasteiger partial charge in [-0.15, -0.1) is 11.8 Å². The van der Waals surface area contributed by atoms with Gasteiger partial charge in [0.05, 0.1) is 37.0 Å². The van der Waals surface area contributed by atoms with Gasteiger partial charge >= 0.3 is 0 Å². The van der Waals surface area contributed by atoms with Crippen molar-refractivity contribution < 1.29 is 4.79 Å². The van der Waals surface area contributed by atoms with Crippen LogP contribution in [0, 0.1) is 18.8 Å². The number of carbonyl (C=O) groups is 1. The lowest BCUT2D eigenvalue weighted by atomic mass is 9.67. The van der Waals surface area contributed by atoms with E-state index in [1.165, 1.54) is 0 Å². The standard InChI is InChI=1S/C30H32BN5OS/c1-18-8-9-21(12-27(18)38-4)30(37)33-15-23-13-26-22(14-32-23)10-11-25(34-26)24-6-5-7-28(35-24)36-16-19(2)29(31)20(3)17-36/h5-14,19-20,29H,15-17H2,1-4H3,(H,33,37). The van der Waals surface area contributed by atoms with E-state index in [1.54, 1.807) is 18.0 Å². The van der Waals surface area contributed by atoms with Gasteiger partial charge in [0.25, 0.3) is 5.91 Å². The molecule has 6 nitrogen and oxygen atoms in total. The molecule has 1 aliphatic heterocycles. The van der Waals surface area contributed by atoms with E-state index in [0.29, 0.717) is 23.9 Å². The summed E-state index contributed by atoms with van der Waals surface area (Å²) in [6.07, 6.45) is 3.81. The van der Waals surface area contributed by atoms with E-state index in [4.69, 9.17) is 17.8 Å². The number of aromatic nitrogens is 3. The van der Waals surface area contributed by atoms with Crippen molar-refractivity contribution in [3.8, 4) is 11.4 Å². The molecule has 0 aliphatic carbocycles. The summed E-state index contributed by atoms with van der Waals surface area (Å²) in [4.78, 5) is 30.5. The van der Waals surface area contributed by atoms with Crippen LogP contribution in [0.5, 0.6) is 0 Å². The average Bonchev–Trinajstić information content (AvgIpc) is 2.94. The fourth-order valence-corrected chi connectivity index (χ4v) is 5.67. The van der Waals surface area contributed by atoms with Gasteiger partial charge < -0.3 is 10.2 Å². The zero-order valence-electron chi connectivity index (χ0n) is 22.3. The molecule has 2 atom stereocenters. The van der Waals surface area contributed by atoms with Crippen LogP contribution in [-0.4, -0.2) is 48.1 Å². The molecule has 1 amide bonds. The lowest BCUT2D eigenvalue weighted by Gasteiger charge is -2.41. The number of nitrogens with zero attached hydrogens (tertiary/aromatic N) is 4. The molecule has 5 rings (SSSR count). The highest BCUT2D eigenvalue weighted by Gasteiger charge is 2.29. The number of anilines is 1. The predicted molar refractivity (Wildman–Crippen MR) is 157 cm³/mol. The summed E-state index contributed by atoms with van der Waals surface area (Å²) in [5.41, 5.74) is 5.01. The Morgan fingerprint density at radius 1 is 1.05 bits per heavy atom. The van der Waals surface area contributed by atoms with Crippen molar-refractivity contribution in [1.29, 1.82) is 0 Å². The number of pyridine rings is 3. The van der Waals surface area contributed by atoms with E-state index in [2.05, 4.69) is 35.1 Å². The molecule has 192 valence electrons. The number of piperidine rings is 1. The normalized spacial score (nSPS) is 19.5. The number of fused-ring (bicyclic) bond motifs is 1. The number of rotatable bonds is 6. The maximum absolute atomic E-state index is 12.7. The van der Waals surface area contributed by atoms with Gasteiger partial charge in [0.15, 0.2) is 0 Å². The third-order valence-corrected chi connectivity index (χ3v) is 8.26. The molecular formula is C30H32BN5OS. The lowest BCUT2D eigenvalue weighted by Crippen LogP contribution is -2.42. The minimum Gasteiger partial charge on any atom is -0.356 e. The van der Waals surface area contributed by atoms with Crippen molar-refractivity contribution in [2.75, 3.05) is 24.2 Å². The van der Waals surface area contributed by atoms with Gasteiger partial charge in [-0.3, -0.25) is 9.78 Å². The van der Waals surface area contributed by atoms with Crippen LogP contribution in [0.3, 0.4) is 0 Å². The van der Waals surface area contributed by atoms with E-state index in [-0.39, 0.29) is 11.7 Å². The molecule has 1 N–H and O–H groups in total. The van der Waals surface area contributed by atoms with E-state index in [9.17, 15) is 4.79 Å². The van der Waals surface area contributed by atoms with Crippen molar-refractivity contribution in [2.24, 2.45) is 11.8 Å². The number of carbonyl (C=O) groups excluding carboxylic acids is 1. The maximum Gasteiger partial charge on any atom is 0.251 e. The van der Waals surface area contributed by atoms with E-state index in [0.717, 1.165) is 57.4 Å². The second-order valence-corrected chi connectivity index (χ2v) is 11.1. The lowest BCUT2D eigenvalue weighted by molar-refractivity contribution is 0.0950. The van der Waals surface area contributed by atoms with Crippen molar-refractivity contribution in [1.82, 2.24) is 20.3 Å². The SMILES string of the molecule is [B]C1C(C)CN(c2cccc(-c3ccc4cnc(CNC(=O)c5ccc(C)c(SC)c5)cc4n3)n2)CC1C. The quantitative estimate of drug-likeness (QED) is 0.259. The number of benzene rings is 1. The summed E-state index contributed by atoms with van der Waals surface area (Å²) >= 11 is 1.64. The van der Waals surface area contributed by atoms with Gasteiger partial charge in [0, 0.05) is 35.1 Å². The topological polar surface area (TPSA) is 71.0 Å². The first kappa shape index (κ1) is 26.2. The highest BCUT2D eigenvalue weighted by atomic mass is 32.2. The molecule has 2 unspecified atom stereocenters. The largest absolute Gasteiger partial charge is 0.356 e. The summed E-state index contributed by atoms with van der Waals surface area (Å²) in [6.45, 7) is 8.58. The highest BCUT2D eigenvalue weighted by Crippen LogP contribution is 2.33.